The number of benzene rings is 2. The van der Waals surface area contributed by atoms with E-state index in [0.717, 1.165) is 32.1 Å². The van der Waals surface area contributed by atoms with E-state index >= 15 is 0 Å². The Balaban J connectivity index is 1.65. The van der Waals surface area contributed by atoms with E-state index in [2.05, 4.69) is 34.2 Å². The van der Waals surface area contributed by atoms with Crippen molar-refractivity contribution in [2.24, 2.45) is 0 Å². The van der Waals surface area contributed by atoms with Crippen LogP contribution >= 0.6 is 11.6 Å². The maximum atomic E-state index is 12.8. The molecule has 2 aromatic carbocycles. The van der Waals surface area contributed by atoms with Crippen LogP contribution < -0.4 is 15.4 Å². The molecule has 1 saturated heterocycles. The third-order valence-electron chi connectivity index (χ3n) is 4.83. The van der Waals surface area contributed by atoms with Gasteiger partial charge in [-0.25, -0.2) is 0 Å². The van der Waals surface area contributed by atoms with E-state index < -0.39 is 5.91 Å². The standard InChI is InChI=1S/C22H24ClN3O3/c1-3-21(27)25-19-12-20(29-2)17(11-18(19)23)22(28)24-16-9-10-26(14-16)13-15-7-5-4-6-8-15/h3-8,11-12,16H,1,9-10,13-14H2,2H3,(H,24,28)(H,25,27)/t16-/m1/s1. The highest BCUT2D eigenvalue weighted by Crippen LogP contribution is 2.31. The molecule has 29 heavy (non-hydrogen) atoms. The molecule has 0 radical (unpaired) electrons. The molecule has 2 N–H and O–H groups in total. The van der Waals surface area contributed by atoms with E-state index in [1.54, 1.807) is 0 Å². The first-order valence-corrected chi connectivity index (χ1v) is 9.76. The minimum Gasteiger partial charge on any atom is -0.496 e. The minimum atomic E-state index is -0.393. The van der Waals surface area contributed by atoms with Crippen LogP contribution in [0.25, 0.3) is 0 Å². The first-order chi connectivity index (χ1) is 14.0. The van der Waals surface area contributed by atoms with Crippen LogP contribution in [0.15, 0.2) is 55.1 Å². The van der Waals surface area contributed by atoms with Crippen LogP contribution in [0, 0.1) is 0 Å². The predicted molar refractivity (Wildman–Crippen MR) is 114 cm³/mol. The number of carbonyl (C=O) groups excluding carboxylic acids is 2. The average molecular weight is 414 g/mol. The van der Waals surface area contributed by atoms with Gasteiger partial charge in [0.05, 0.1) is 23.4 Å². The number of amides is 2. The highest BCUT2D eigenvalue weighted by molar-refractivity contribution is 6.34. The zero-order chi connectivity index (χ0) is 20.8. The Morgan fingerprint density at radius 2 is 2.07 bits per heavy atom. The maximum absolute atomic E-state index is 12.8. The molecule has 152 valence electrons. The Morgan fingerprint density at radius 1 is 1.31 bits per heavy atom. The summed E-state index contributed by atoms with van der Waals surface area (Å²) in [6.45, 7) is 5.97. The molecule has 0 saturated carbocycles. The number of rotatable bonds is 7. The van der Waals surface area contributed by atoms with Crippen LogP contribution in [0.2, 0.25) is 5.02 Å². The number of nitrogens with zero attached hydrogens (tertiary/aromatic N) is 1. The van der Waals surface area contributed by atoms with Gasteiger partial charge in [0.2, 0.25) is 5.91 Å². The Bertz CT molecular complexity index is 902. The van der Waals surface area contributed by atoms with E-state index in [4.69, 9.17) is 16.3 Å². The van der Waals surface area contributed by atoms with E-state index in [9.17, 15) is 9.59 Å². The van der Waals surface area contributed by atoms with Gasteiger partial charge in [-0.2, -0.15) is 0 Å². The van der Waals surface area contributed by atoms with Gasteiger partial charge in [-0.05, 0) is 24.1 Å². The fraction of sp³-hybridized carbons (Fsp3) is 0.273. The van der Waals surface area contributed by atoms with Crippen LogP contribution in [-0.2, 0) is 11.3 Å². The summed E-state index contributed by atoms with van der Waals surface area (Å²) >= 11 is 6.24. The normalized spacial score (nSPS) is 16.3. The third-order valence-corrected chi connectivity index (χ3v) is 5.15. The summed E-state index contributed by atoms with van der Waals surface area (Å²) in [5, 5.41) is 5.91. The Kier molecular flexibility index (Phi) is 6.90. The summed E-state index contributed by atoms with van der Waals surface area (Å²) in [7, 11) is 1.47. The first-order valence-electron chi connectivity index (χ1n) is 9.38. The molecule has 1 atom stereocenters. The van der Waals surface area contributed by atoms with Crippen molar-refractivity contribution in [1.82, 2.24) is 10.2 Å². The third kappa shape index (κ3) is 5.37. The molecule has 7 heteroatoms. The number of halogens is 1. The fourth-order valence-electron chi connectivity index (χ4n) is 3.38. The smallest absolute Gasteiger partial charge is 0.255 e. The van der Waals surface area contributed by atoms with Crippen LogP contribution in [0.3, 0.4) is 0 Å². The van der Waals surface area contributed by atoms with Crippen LogP contribution in [-0.4, -0.2) is 43.0 Å². The number of nitrogens with one attached hydrogen (secondary N) is 2. The number of methoxy groups -OCH3 is 1. The van der Waals surface area contributed by atoms with E-state index in [0.29, 0.717) is 17.0 Å². The highest BCUT2D eigenvalue weighted by atomic mass is 35.5. The molecule has 1 aliphatic rings. The number of hydrogen-bond acceptors (Lipinski definition) is 4. The summed E-state index contributed by atoms with van der Waals surface area (Å²) in [4.78, 5) is 26.7. The minimum absolute atomic E-state index is 0.0508. The molecular formula is C22H24ClN3O3. The van der Waals surface area contributed by atoms with Crippen LogP contribution in [0.1, 0.15) is 22.3 Å². The van der Waals surface area contributed by atoms with Crippen molar-refractivity contribution in [2.45, 2.75) is 19.0 Å². The van der Waals surface area contributed by atoms with E-state index in [-0.39, 0.29) is 17.0 Å². The van der Waals surface area contributed by atoms with Gasteiger partial charge in [-0.1, -0.05) is 48.5 Å². The number of carbonyl (C=O) groups is 2. The Morgan fingerprint density at radius 3 is 2.76 bits per heavy atom. The van der Waals surface area contributed by atoms with Gasteiger partial charge in [-0.15, -0.1) is 0 Å². The van der Waals surface area contributed by atoms with Crippen molar-refractivity contribution in [3.05, 3.63) is 71.3 Å². The first kappa shape index (κ1) is 20.9. The molecule has 0 aromatic heterocycles. The van der Waals surface area contributed by atoms with Crippen LogP contribution in [0.4, 0.5) is 5.69 Å². The lowest BCUT2D eigenvalue weighted by molar-refractivity contribution is -0.111. The molecule has 0 unspecified atom stereocenters. The number of hydrogen-bond donors (Lipinski definition) is 2. The molecule has 6 nitrogen and oxygen atoms in total. The molecule has 0 bridgehead atoms. The topological polar surface area (TPSA) is 70.7 Å². The summed E-state index contributed by atoms with van der Waals surface area (Å²) in [6, 6.07) is 13.4. The summed E-state index contributed by atoms with van der Waals surface area (Å²) in [5.41, 5.74) is 1.94. The van der Waals surface area contributed by atoms with Gasteiger partial charge in [0.15, 0.2) is 0 Å². The van der Waals surface area contributed by atoms with E-state index in [1.165, 1.54) is 24.8 Å². The van der Waals surface area contributed by atoms with Gasteiger partial charge >= 0.3 is 0 Å². The Hall–Kier alpha value is -2.83. The summed E-state index contributed by atoms with van der Waals surface area (Å²) < 4.78 is 5.33. The predicted octanol–water partition coefficient (Wildman–Crippen LogP) is 3.48. The second-order valence-electron chi connectivity index (χ2n) is 6.91. The average Bonchev–Trinajstić information content (AvgIpc) is 3.16. The zero-order valence-corrected chi connectivity index (χ0v) is 17.0. The van der Waals surface area contributed by atoms with Crippen molar-refractivity contribution in [3.63, 3.8) is 0 Å². The molecule has 1 heterocycles. The maximum Gasteiger partial charge on any atom is 0.255 e. The molecular weight excluding hydrogens is 390 g/mol. The van der Waals surface area contributed by atoms with Crippen molar-refractivity contribution in [3.8, 4) is 5.75 Å². The second-order valence-corrected chi connectivity index (χ2v) is 7.31. The van der Waals surface area contributed by atoms with Gasteiger partial charge < -0.3 is 15.4 Å². The molecule has 0 spiro atoms. The quantitative estimate of drug-likeness (QED) is 0.682. The molecule has 3 rings (SSSR count). The van der Waals surface area contributed by atoms with Crippen molar-refractivity contribution in [1.29, 1.82) is 0 Å². The molecule has 0 aliphatic carbocycles. The molecule has 2 amide bonds. The Labute approximate surface area is 175 Å². The largest absolute Gasteiger partial charge is 0.496 e. The van der Waals surface area contributed by atoms with Crippen LogP contribution in [0.5, 0.6) is 5.75 Å². The number of likely N-dealkylation sites (tertiary alicyclic amines) is 1. The molecule has 1 aliphatic heterocycles. The van der Waals surface area contributed by atoms with Gasteiger partial charge in [-0.3, -0.25) is 14.5 Å². The van der Waals surface area contributed by atoms with Gasteiger partial charge in [0.25, 0.3) is 5.91 Å². The SMILES string of the molecule is C=CC(=O)Nc1cc(OC)c(C(=O)N[C@@H]2CCN(Cc3ccccc3)C2)cc1Cl. The van der Waals surface area contributed by atoms with Gasteiger partial charge in [0.1, 0.15) is 5.75 Å². The number of anilines is 1. The highest BCUT2D eigenvalue weighted by Gasteiger charge is 2.26. The van der Waals surface area contributed by atoms with Crippen molar-refractivity contribution in [2.75, 3.05) is 25.5 Å². The zero-order valence-electron chi connectivity index (χ0n) is 16.3. The lowest BCUT2D eigenvalue weighted by atomic mass is 10.1. The number of ether oxygens (including phenoxy) is 1. The van der Waals surface area contributed by atoms with E-state index in [1.807, 2.05) is 18.2 Å². The monoisotopic (exact) mass is 413 g/mol. The summed E-state index contributed by atoms with van der Waals surface area (Å²) in [6.07, 6.45) is 2.02. The fourth-order valence-corrected chi connectivity index (χ4v) is 3.59. The lowest BCUT2D eigenvalue weighted by Crippen LogP contribution is -2.37. The van der Waals surface area contributed by atoms with Crippen molar-refractivity contribution >= 4 is 29.1 Å². The summed E-state index contributed by atoms with van der Waals surface area (Å²) in [5.74, 6) is -0.307. The van der Waals surface area contributed by atoms with Gasteiger partial charge in [0, 0.05) is 31.7 Å². The van der Waals surface area contributed by atoms with Crippen molar-refractivity contribution < 1.29 is 14.3 Å². The lowest BCUT2D eigenvalue weighted by Gasteiger charge is -2.18. The molecule has 1 fully saturated rings. The molecule has 2 aromatic rings. The second kappa shape index (κ2) is 9.58.